The number of hydrogen-bond acceptors (Lipinski definition) is 4. The molecule has 2 saturated heterocycles. The van der Waals surface area contributed by atoms with Crippen molar-refractivity contribution in [2.45, 2.75) is 42.7 Å². The first kappa shape index (κ1) is 21.0. The van der Waals surface area contributed by atoms with E-state index in [2.05, 4.69) is 10.6 Å². The average Bonchev–Trinajstić information content (AvgIpc) is 3.23. The van der Waals surface area contributed by atoms with Crippen LogP contribution in [0.1, 0.15) is 24.8 Å². The standard InChI is InChI=1S/C16H21F2N3O3S.ClH/c17-16(18)9-14(20-11-16)15(22)19-10-12-3-5-13(6-4-12)25(23,24)21-7-1-2-8-21;/h3-6,14,20H,1-2,7-11H2,(H,19,22);1H. The monoisotopic (exact) mass is 409 g/mol. The summed E-state index contributed by atoms with van der Waals surface area (Å²) in [4.78, 5) is 12.1. The predicted molar refractivity (Wildman–Crippen MR) is 94.9 cm³/mol. The van der Waals surface area contributed by atoms with E-state index in [4.69, 9.17) is 0 Å². The summed E-state index contributed by atoms with van der Waals surface area (Å²) in [6.07, 6.45) is 1.24. The molecule has 0 bridgehead atoms. The summed E-state index contributed by atoms with van der Waals surface area (Å²) in [6.45, 7) is 0.749. The van der Waals surface area contributed by atoms with Gasteiger partial charge in [0.1, 0.15) is 0 Å². The minimum atomic E-state index is -3.46. The van der Waals surface area contributed by atoms with E-state index < -0.39 is 40.9 Å². The highest BCUT2D eigenvalue weighted by atomic mass is 35.5. The van der Waals surface area contributed by atoms with E-state index in [-0.39, 0.29) is 23.8 Å². The first-order valence-corrected chi connectivity index (χ1v) is 9.70. The Morgan fingerprint density at radius 1 is 1.23 bits per heavy atom. The lowest BCUT2D eigenvalue weighted by atomic mass is 10.1. The van der Waals surface area contributed by atoms with Crippen molar-refractivity contribution in [3.8, 4) is 0 Å². The summed E-state index contributed by atoms with van der Waals surface area (Å²) in [7, 11) is -3.46. The maximum absolute atomic E-state index is 13.1. The Hall–Kier alpha value is -1.29. The van der Waals surface area contributed by atoms with Gasteiger partial charge < -0.3 is 5.32 Å². The van der Waals surface area contributed by atoms with Gasteiger partial charge in [0.25, 0.3) is 5.92 Å². The summed E-state index contributed by atoms with van der Waals surface area (Å²) in [5.74, 6) is -3.33. The van der Waals surface area contributed by atoms with Gasteiger partial charge in [-0.3, -0.25) is 10.1 Å². The van der Waals surface area contributed by atoms with Gasteiger partial charge in [-0.15, -0.1) is 12.4 Å². The van der Waals surface area contributed by atoms with Gasteiger partial charge in [-0.05, 0) is 30.5 Å². The van der Waals surface area contributed by atoms with Crippen LogP contribution < -0.4 is 10.6 Å². The Labute approximate surface area is 157 Å². The second-order valence-electron chi connectivity index (χ2n) is 6.47. The zero-order valence-corrected chi connectivity index (χ0v) is 15.7. The maximum Gasteiger partial charge on any atom is 0.262 e. The number of carbonyl (C=O) groups is 1. The second kappa shape index (κ2) is 8.16. The molecule has 26 heavy (non-hydrogen) atoms. The predicted octanol–water partition coefficient (Wildman–Crippen LogP) is 1.51. The zero-order chi connectivity index (χ0) is 18.1. The van der Waals surface area contributed by atoms with Crippen LogP contribution >= 0.6 is 12.4 Å². The number of halogens is 3. The molecule has 2 fully saturated rings. The number of rotatable bonds is 5. The molecule has 0 aromatic heterocycles. The Balaban J connectivity index is 0.00000243. The van der Waals surface area contributed by atoms with Crippen LogP contribution in [0.25, 0.3) is 0 Å². The van der Waals surface area contributed by atoms with Gasteiger partial charge in [0.05, 0.1) is 17.5 Å². The Bertz CT molecular complexity index is 738. The van der Waals surface area contributed by atoms with Crippen LogP contribution in [0, 0.1) is 0 Å². The van der Waals surface area contributed by atoms with Gasteiger partial charge >= 0.3 is 0 Å². The third-order valence-corrected chi connectivity index (χ3v) is 6.43. The molecule has 0 spiro atoms. The summed E-state index contributed by atoms with van der Waals surface area (Å²) >= 11 is 0. The number of nitrogens with one attached hydrogen (secondary N) is 2. The fourth-order valence-electron chi connectivity index (χ4n) is 3.07. The molecule has 146 valence electrons. The highest BCUT2D eigenvalue weighted by molar-refractivity contribution is 7.89. The van der Waals surface area contributed by atoms with Gasteiger partial charge in [-0.2, -0.15) is 4.31 Å². The zero-order valence-electron chi connectivity index (χ0n) is 14.1. The smallest absolute Gasteiger partial charge is 0.262 e. The van der Waals surface area contributed by atoms with Crippen LogP contribution in [0.15, 0.2) is 29.2 Å². The molecule has 3 rings (SSSR count). The van der Waals surface area contributed by atoms with E-state index in [1.54, 1.807) is 12.1 Å². The van der Waals surface area contributed by atoms with E-state index in [0.29, 0.717) is 18.7 Å². The number of carbonyl (C=O) groups excluding carboxylic acids is 1. The van der Waals surface area contributed by atoms with Crippen molar-refractivity contribution in [3.05, 3.63) is 29.8 Å². The van der Waals surface area contributed by atoms with Crippen molar-refractivity contribution >= 4 is 28.3 Å². The topological polar surface area (TPSA) is 78.5 Å². The van der Waals surface area contributed by atoms with Gasteiger partial charge in [0.15, 0.2) is 0 Å². The number of hydrogen-bond donors (Lipinski definition) is 2. The third-order valence-electron chi connectivity index (χ3n) is 4.52. The normalized spacial score (nSPS) is 22.8. The number of alkyl halides is 2. The largest absolute Gasteiger partial charge is 0.351 e. The minimum Gasteiger partial charge on any atom is -0.351 e. The molecule has 10 heteroatoms. The first-order chi connectivity index (χ1) is 11.8. The molecule has 1 aromatic carbocycles. The molecule has 0 aliphatic carbocycles. The van der Waals surface area contributed by atoms with E-state index in [0.717, 1.165) is 12.8 Å². The molecule has 2 aliphatic rings. The van der Waals surface area contributed by atoms with Gasteiger partial charge in [0.2, 0.25) is 15.9 Å². The molecule has 1 atom stereocenters. The molecule has 0 saturated carbocycles. The Morgan fingerprint density at radius 2 is 1.85 bits per heavy atom. The van der Waals surface area contributed by atoms with Crippen molar-refractivity contribution in [2.24, 2.45) is 0 Å². The van der Waals surface area contributed by atoms with Crippen molar-refractivity contribution in [3.63, 3.8) is 0 Å². The molecule has 1 aromatic rings. The van der Waals surface area contributed by atoms with E-state index in [9.17, 15) is 22.0 Å². The molecule has 1 unspecified atom stereocenters. The lowest BCUT2D eigenvalue weighted by Gasteiger charge is -2.16. The van der Waals surface area contributed by atoms with Crippen LogP contribution in [0.5, 0.6) is 0 Å². The van der Waals surface area contributed by atoms with E-state index in [1.165, 1.54) is 16.4 Å². The van der Waals surface area contributed by atoms with Crippen LogP contribution in [0.4, 0.5) is 8.78 Å². The fourth-order valence-corrected chi connectivity index (χ4v) is 4.59. The first-order valence-electron chi connectivity index (χ1n) is 8.26. The highest BCUT2D eigenvalue weighted by Gasteiger charge is 2.42. The van der Waals surface area contributed by atoms with Gasteiger partial charge in [-0.25, -0.2) is 17.2 Å². The van der Waals surface area contributed by atoms with Crippen molar-refractivity contribution in [2.75, 3.05) is 19.6 Å². The molecule has 2 aliphatic heterocycles. The number of amides is 1. The highest BCUT2D eigenvalue weighted by Crippen LogP contribution is 2.25. The van der Waals surface area contributed by atoms with Crippen molar-refractivity contribution in [1.29, 1.82) is 0 Å². The van der Waals surface area contributed by atoms with E-state index in [1.807, 2.05) is 0 Å². The van der Waals surface area contributed by atoms with Crippen LogP contribution in [0.3, 0.4) is 0 Å². The lowest BCUT2D eigenvalue weighted by molar-refractivity contribution is -0.123. The van der Waals surface area contributed by atoms with Crippen molar-refractivity contribution in [1.82, 2.24) is 14.9 Å². The Kier molecular flexibility index (Phi) is 6.60. The molecule has 2 N–H and O–H groups in total. The average molecular weight is 410 g/mol. The Morgan fingerprint density at radius 3 is 2.38 bits per heavy atom. The number of nitrogens with zero attached hydrogens (tertiary/aromatic N) is 1. The van der Waals surface area contributed by atoms with Crippen LogP contribution in [-0.2, 0) is 21.4 Å². The summed E-state index contributed by atoms with van der Waals surface area (Å²) in [6, 6.07) is 5.37. The summed E-state index contributed by atoms with van der Waals surface area (Å²) in [5, 5.41) is 5.09. The molecular formula is C16H22ClF2N3O3S. The molecule has 2 heterocycles. The fraction of sp³-hybridized carbons (Fsp3) is 0.562. The van der Waals surface area contributed by atoms with E-state index >= 15 is 0 Å². The van der Waals surface area contributed by atoms with Gasteiger partial charge in [0, 0.05) is 26.1 Å². The third kappa shape index (κ3) is 4.70. The lowest BCUT2D eigenvalue weighted by Crippen LogP contribution is -2.40. The SMILES string of the molecule is Cl.O=C(NCc1ccc(S(=O)(=O)N2CCCC2)cc1)C1CC(F)(F)CN1. The summed E-state index contributed by atoms with van der Waals surface area (Å²) < 4.78 is 52.5. The molecular weight excluding hydrogens is 388 g/mol. The van der Waals surface area contributed by atoms with Crippen molar-refractivity contribution < 1.29 is 22.0 Å². The quantitative estimate of drug-likeness (QED) is 0.772. The molecule has 1 amide bonds. The molecule has 0 radical (unpaired) electrons. The number of sulfonamides is 1. The maximum atomic E-state index is 13.1. The minimum absolute atomic E-state index is 0. The second-order valence-corrected chi connectivity index (χ2v) is 8.40. The molecule has 6 nitrogen and oxygen atoms in total. The van der Waals surface area contributed by atoms with Gasteiger partial charge in [-0.1, -0.05) is 12.1 Å². The number of benzene rings is 1. The summed E-state index contributed by atoms with van der Waals surface area (Å²) in [5.41, 5.74) is 0.707. The van der Waals surface area contributed by atoms with Crippen LogP contribution in [0.2, 0.25) is 0 Å². The van der Waals surface area contributed by atoms with Crippen LogP contribution in [-0.4, -0.2) is 50.2 Å².